The van der Waals surface area contributed by atoms with Crippen molar-refractivity contribution in [3.05, 3.63) is 54.1 Å². The van der Waals surface area contributed by atoms with Crippen LogP contribution in [-0.4, -0.2) is 29.5 Å². The predicted molar refractivity (Wildman–Crippen MR) is 93.8 cm³/mol. The molecule has 5 heteroatoms. The fourth-order valence-electron chi connectivity index (χ4n) is 2.49. The van der Waals surface area contributed by atoms with Gasteiger partial charge in [0.2, 0.25) is 0 Å². The van der Waals surface area contributed by atoms with E-state index < -0.39 is 12.8 Å². The number of aromatic nitrogens is 1. The van der Waals surface area contributed by atoms with Crippen molar-refractivity contribution in [2.45, 2.75) is 13.0 Å². The van der Waals surface area contributed by atoms with Gasteiger partial charge in [-0.15, -0.1) is 0 Å². The quantitative estimate of drug-likeness (QED) is 0.704. The molecule has 0 aliphatic rings. The minimum Gasteiger partial charge on any atom is -0.491 e. The van der Waals surface area contributed by atoms with Crippen molar-refractivity contribution in [1.29, 1.82) is 0 Å². The van der Waals surface area contributed by atoms with Crippen LogP contribution >= 0.6 is 0 Å². The molecule has 1 heterocycles. The summed E-state index contributed by atoms with van der Waals surface area (Å²) in [5.41, 5.74) is 10.3. The van der Waals surface area contributed by atoms with Crippen LogP contribution in [0.5, 0.6) is 5.75 Å². The fraction of sp³-hybridized carbons (Fsp3) is 0.211. The van der Waals surface area contributed by atoms with Crippen molar-refractivity contribution in [2.75, 3.05) is 19.0 Å². The zero-order chi connectivity index (χ0) is 17.1. The van der Waals surface area contributed by atoms with E-state index in [0.29, 0.717) is 11.4 Å². The Morgan fingerprint density at radius 3 is 2.71 bits per heavy atom. The first kappa shape index (κ1) is 16.2. The molecule has 24 heavy (non-hydrogen) atoms. The molecule has 3 N–H and O–H groups in total. The van der Waals surface area contributed by atoms with Crippen LogP contribution < -0.4 is 10.5 Å². The largest absolute Gasteiger partial charge is 0.491 e. The van der Waals surface area contributed by atoms with Gasteiger partial charge < -0.3 is 15.6 Å². The van der Waals surface area contributed by atoms with Crippen LogP contribution in [0.25, 0.3) is 22.2 Å². The van der Waals surface area contributed by atoms with Crippen LogP contribution in [0.2, 0.25) is 0 Å². The van der Waals surface area contributed by atoms with Gasteiger partial charge in [0.05, 0.1) is 11.2 Å². The second-order valence-electron chi connectivity index (χ2n) is 5.76. The first-order chi connectivity index (χ1) is 11.6. The second-order valence-corrected chi connectivity index (χ2v) is 5.76. The summed E-state index contributed by atoms with van der Waals surface area (Å²) in [4.78, 5) is 4.65. The van der Waals surface area contributed by atoms with E-state index in [1.165, 1.54) is 0 Å². The summed E-state index contributed by atoms with van der Waals surface area (Å²) in [6.07, 6.45) is -1.12. The third-order valence-corrected chi connectivity index (χ3v) is 3.77. The fourth-order valence-corrected chi connectivity index (χ4v) is 2.49. The third kappa shape index (κ3) is 3.46. The van der Waals surface area contributed by atoms with Crippen LogP contribution in [0.4, 0.5) is 10.1 Å². The summed E-state index contributed by atoms with van der Waals surface area (Å²) in [6, 6.07) is 15.2. The number of anilines is 1. The third-order valence-electron chi connectivity index (χ3n) is 3.77. The van der Waals surface area contributed by atoms with E-state index >= 15 is 0 Å². The molecule has 0 radical (unpaired) electrons. The number of alkyl halides is 1. The summed E-state index contributed by atoms with van der Waals surface area (Å²) >= 11 is 0. The Balaban J connectivity index is 1.94. The summed E-state index contributed by atoms with van der Waals surface area (Å²) in [5.74, 6) is 0.538. The normalized spacial score (nSPS) is 12.3. The molecule has 124 valence electrons. The summed E-state index contributed by atoms with van der Waals surface area (Å²) in [6.45, 7) is 1.07. The van der Waals surface area contributed by atoms with E-state index in [4.69, 9.17) is 10.5 Å². The molecule has 0 fully saturated rings. The maximum atomic E-state index is 12.3. The molecular weight excluding hydrogens is 307 g/mol. The zero-order valence-corrected chi connectivity index (χ0v) is 13.4. The number of ether oxygens (including phenoxy) is 1. The highest BCUT2D eigenvalue weighted by atomic mass is 19.1. The van der Waals surface area contributed by atoms with E-state index in [-0.39, 0.29) is 6.61 Å². The average molecular weight is 326 g/mol. The van der Waals surface area contributed by atoms with Crippen LogP contribution in [0.1, 0.15) is 5.56 Å². The molecular formula is C19H19FN2O2. The van der Waals surface area contributed by atoms with Crippen molar-refractivity contribution in [1.82, 2.24) is 4.98 Å². The van der Waals surface area contributed by atoms with Crippen LogP contribution in [0, 0.1) is 6.92 Å². The van der Waals surface area contributed by atoms with Crippen molar-refractivity contribution >= 4 is 16.6 Å². The van der Waals surface area contributed by atoms with Gasteiger partial charge in [-0.3, -0.25) is 0 Å². The van der Waals surface area contributed by atoms with E-state index in [1.54, 1.807) is 12.1 Å². The Labute approximate surface area is 139 Å². The molecule has 1 aromatic heterocycles. The molecule has 3 rings (SSSR count). The topological polar surface area (TPSA) is 68.4 Å². The first-order valence-corrected chi connectivity index (χ1v) is 7.71. The smallest absolute Gasteiger partial charge is 0.121 e. The molecule has 1 atom stereocenters. The van der Waals surface area contributed by atoms with Gasteiger partial charge in [0, 0.05) is 22.7 Å². The summed E-state index contributed by atoms with van der Waals surface area (Å²) in [5, 5.41) is 10.2. The van der Waals surface area contributed by atoms with Crippen molar-refractivity contribution < 1.29 is 14.2 Å². The zero-order valence-electron chi connectivity index (χ0n) is 13.4. The van der Waals surface area contributed by atoms with E-state index in [2.05, 4.69) is 4.98 Å². The number of fused-ring (bicyclic) bond motifs is 1. The molecule has 0 bridgehead atoms. The highest BCUT2D eigenvalue weighted by molar-refractivity contribution is 5.85. The van der Waals surface area contributed by atoms with E-state index in [0.717, 1.165) is 27.7 Å². The average Bonchev–Trinajstić information content (AvgIpc) is 2.59. The van der Waals surface area contributed by atoms with Gasteiger partial charge in [0.15, 0.2) is 0 Å². The summed E-state index contributed by atoms with van der Waals surface area (Å²) < 4.78 is 17.7. The van der Waals surface area contributed by atoms with Crippen molar-refractivity contribution in [2.24, 2.45) is 0 Å². The molecule has 2 aromatic carbocycles. The Morgan fingerprint density at radius 1 is 1.17 bits per heavy atom. The number of aryl methyl sites for hydroxylation is 1. The van der Waals surface area contributed by atoms with Gasteiger partial charge in [0.25, 0.3) is 0 Å². The monoisotopic (exact) mass is 326 g/mol. The Morgan fingerprint density at radius 2 is 1.96 bits per heavy atom. The lowest BCUT2D eigenvalue weighted by molar-refractivity contribution is 0.0842. The predicted octanol–water partition coefficient (Wildman–Crippen LogP) is 3.50. The molecule has 0 aliphatic heterocycles. The number of aliphatic hydroxyl groups is 1. The Hall–Kier alpha value is -2.66. The lowest BCUT2D eigenvalue weighted by Gasteiger charge is -2.11. The lowest BCUT2D eigenvalue weighted by Crippen LogP contribution is -2.19. The van der Waals surface area contributed by atoms with E-state index in [9.17, 15) is 9.50 Å². The standard InChI is InChI=1S/C19H19FN2O2/c1-12-2-6-16(17(21)8-12)18-7-4-13-3-5-15(9-19(13)22-18)24-11-14(23)10-20/h2-9,14,23H,10-11,21H2,1H3. The number of nitrogens with zero attached hydrogens (tertiary/aromatic N) is 1. The maximum Gasteiger partial charge on any atom is 0.121 e. The molecule has 0 spiro atoms. The number of pyridine rings is 1. The molecule has 0 saturated heterocycles. The first-order valence-electron chi connectivity index (χ1n) is 7.71. The van der Waals surface area contributed by atoms with Crippen LogP contribution in [0.3, 0.4) is 0 Å². The molecule has 1 unspecified atom stereocenters. The van der Waals surface area contributed by atoms with Crippen molar-refractivity contribution in [3.8, 4) is 17.0 Å². The number of halogens is 1. The highest BCUT2D eigenvalue weighted by Crippen LogP contribution is 2.28. The molecule has 4 nitrogen and oxygen atoms in total. The number of aliphatic hydroxyl groups excluding tert-OH is 1. The number of rotatable bonds is 5. The Bertz CT molecular complexity index is 867. The second kappa shape index (κ2) is 6.84. The van der Waals surface area contributed by atoms with Gasteiger partial charge in [-0.1, -0.05) is 18.2 Å². The van der Waals surface area contributed by atoms with Crippen molar-refractivity contribution in [3.63, 3.8) is 0 Å². The number of nitrogen functional groups attached to an aromatic ring is 1. The van der Waals surface area contributed by atoms with Gasteiger partial charge in [-0.2, -0.15) is 0 Å². The summed E-state index contributed by atoms with van der Waals surface area (Å²) in [7, 11) is 0. The number of hydrogen-bond acceptors (Lipinski definition) is 4. The molecule has 0 amide bonds. The number of nitrogens with two attached hydrogens (primary N) is 1. The van der Waals surface area contributed by atoms with Gasteiger partial charge in [-0.05, 0) is 36.8 Å². The van der Waals surface area contributed by atoms with Crippen LogP contribution in [-0.2, 0) is 0 Å². The van der Waals surface area contributed by atoms with Gasteiger partial charge >= 0.3 is 0 Å². The Kier molecular flexibility index (Phi) is 4.62. The van der Waals surface area contributed by atoms with Gasteiger partial charge in [0.1, 0.15) is 25.1 Å². The minimum absolute atomic E-state index is 0.0907. The SMILES string of the molecule is Cc1ccc(-c2ccc3ccc(OCC(O)CF)cc3n2)c(N)c1. The molecule has 3 aromatic rings. The molecule has 0 saturated carbocycles. The number of hydrogen-bond donors (Lipinski definition) is 2. The van der Waals surface area contributed by atoms with E-state index in [1.807, 2.05) is 43.3 Å². The highest BCUT2D eigenvalue weighted by Gasteiger charge is 2.08. The lowest BCUT2D eigenvalue weighted by atomic mass is 10.1. The van der Waals surface area contributed by atoms with Crippen LogP contribution in [0.15, 0.2) is 48.5 Å². The number of benzene rings is 2. The minimum atomic E-state index is -1.12. The molecule has 0 aliphatic carbocycles. The van der Waals surface area contributed by atoms with Gasteiger partial charge in [-0.25, -0.2) is 9.37 Å². The maximum absolute atomic E-state index is 12.3.